The van der Waals surface area contributed by atoms with Gasteiger partial charge in [0.25, 0.3) is 0 Å². The Morgan fingerprint density at radius 1 is 1.39 bits per heavy atom. The molecule has 0 aliphatic heterocycles. The van der Waals surface area contributed by atoms with Crippen LogP contribution in [0.5, 0.6) is 5.75 Å². The second kappa shape index (κ2) is 5.85. The van der Waals surface area contributed by atoms with Crippen molar-refractivity contribution in [1.82, 2.24) is 5.32 Å². The van der Waals surface area contributed by atoms with Gasteiger partial charge >= 0.3 is 0 Å². The molecule has 1 fully saturated rings. The van der Waals surface area contributed by atoms with Crippen LogP contribution in [0.2, 0.25) is 0 Å². The molecule has 1 aromatic carbocycles. The third-order valence-corrected chi connectivity index (χ3v) is 3.41. The number of hydrogen-bond acceptors (Lipinski definition) is 4. The fourth-order valence-corrected chi connectivity index (χ4v) is 2.14. The van der Waals surface area contributed by atoms with Crippen molar-refractivity contribution < 1.29 is 9.47 Å². The third-order valence-electron chi connectivity index (χ3n) is 3.41. The average molecular weight is 246 g/mol. The molecule has 1 aromatic rings. The Bertz CT molecular complexity index is 448. The summed E-state index contributed by atoms with van der Waals surface area (Å²) >= 11 is 0. The summed E-state index contributed by atoms with van der Waals surface area (Å²) in [6, 6.07) is 8.38. The van der Waals surface area contributed by atoms with E-state index in [2.05, 4.69) is 11.4 Å². The van der Waals surface area contributed by atoms with Gasteiger partial charge in [0.2, 0.25) is 0 Å². The van der Waals surface area contributed by atoms with Gasteiger partial charge in [-0.1, -0.05) is 6.07 Å². The lowest BCUT2D eigenvalue weighted by Gasteiger charge is -2.34. The molecular weight excluding hydrogens is 228 g/mol. The predicted molar refractivity (Wildman–Crippen MR) is 68.4 cm³/mol. The highest BCUT2D eigenvalue weighted by Gasteiger charge is 2.28. The Kier molecular flexibility index (Phi) is 4.19. The molecule has 0 radical (unpaired) electrons. The second-order valence-corrected chi connectivity index (χ2v) is 4.55. The van der Waals surface area contributed by atoms with E-state index in [1.807, 2.05) is 18.2 Å². The summed E-state index contributed by atoms with van der Waals surface area (Å²) < 4.78 is 10.4. The van der Waals surface area contributed by atoms with Crippen LogP contribution in [0.25, 0.3) is 0 Å². The topological polar surface area (TPSA) is 54.3 Å². The molecule has 0 amide bonds. The first kappa shape index (κ1) is 12.9. The number of nitrogens with zero attached hydrogens (tertiary/aromatic N) is 1. The lowest BCUT2D eigenvalue weighted by Crippen LogP contribution is -2.44. The van der Waals surface area contributed by atoms with E-state index in [4.69, 9.17) is 14.7 Å². The molecule has 0 saturated heterocycles. The summed E-state index contributed by atoms with van der Waals surface area (Å²) in [7, 11) is 3.33. The monoisotopic (exact) mass is 246 g/mol. The van der Waals surface area contributed by atoms with E-state index >= 15 is 0 Å². The summed E-state index contributed by atoms with van der Waals surface area (Å²) in [5.74, 6) is 0.629. The van der Waals surface area contributed by atoms with E-state index < -0.39 is 0 Å². The van der Waals surface area contributed by atoms with Crippen molar-refractivity contribution in [3.8, 4) is 11.8 Å². The molecule has 0 bridgehead atoms. The fraction of sp³-hybridized carbons (Fsp3) is 0.500. The Balaban J connectivity index is 1.89. The first-order valence-corrected chi connectivity index (χ1v) is 6.10. The van der Waals surface area contributed by atoms with Gasteiger partial charge in [0.15, 0.2) is 0 Å². The molecule has 0 aromatic heterocycles. The molecule has 2 rings (SSSR count). The van der Waals surface area contributed by atoms with Gasteiger partial charge in [0.05, 0.1) is 18.8 Å². The highest BCUT2D eigenvalue weighted by Crippen LogP contribution is 2.23. The smallest absolute Gasteiger partial charge is 0.136 e. The minimum Gasteiger partial charge on any atom is -0.495 e. The van der Waals surface area contributed by atoms with Gasteiger partial charge in [-0.15, -0.1) is 0 Å². The number of nitrogens with one attached hydrogen (secondary N) is 1. The zero-order valence-corrected chi connectivity index (χ0v) is 10.8. The number of nitriles is 1. The SMILES string of the molecule is COc1ccc(CNC2CC(OC)C2)cc1C#N. The van der Waals surface area contributed by atoms with Crippen molar-refractivity contribution in [3.05, 3.63) is 29.3 Å². The van der Waals surface area contributed by atoms with Gasteiger partial charge < -0.3 is 14.8 Å². The maximum absolute atomic E-state index is 9.01. The van der Waals surface area contributed by atoms with Crippen LogP contribution in [0.1, 0.15) is 24.0 Å². The van der Waals surface area contributed by atoms with E-state index in [9.17, 15) is 0 Å². The van der Waals surface area contributed by atoms with Crippen LogP contribution in [0, 0.1) is 11.3 Å². The summed E-state index contributed by atoms with van der Waals surface area (Å²) in [5, 5.41) is 12.5. The van der Waals surface area contributed by atoms with Gasteiger partial charge in [-0.2, -0.15) is 5.26 Å². The Morgan fingerprint density at radius 3 is 2.78 bits per heavy atom. The predicted octanol–water partition coefficient (Wildman–Crippen LogP) is 1.83. The Morgan fingerprint density at radius 2 is 2.17 bits per heavy atom. The van der Waals surface area contributed by atoms with Crippen molar-refractivity contribution >= 4 is 0 Å². The van der Waals surface area contributed by atoms with Gasteiger partial charge in [-0.3, -0.25) is 0 Å². The fourth-order valence-electron chi connectivity index (χ4n) is 2.14. The number of hydrogen-bond donors (Lipinski definition) is 1. The molecule has 18 heavy (non-hydrogen) atoms. The summed E-state index contributed by atoms with van der Waals surface area (Å²) in [4.78, 5) is 0. The molecule has 1 N–H and O–H groups in total. The minimum absolute atomic E-state index is 0.410. The molecule has 0 spiro atoms. The number of methoxy groups -OCH3 is 2. The first-order valence-electron chi connectivity index (χ1n) is 6.10. The number of rotatable bonds is 5. The highest BCUT2D eigenvalue weighted by molar-refractivity contribution is 5.45. The second-order valence-electron chi connectivity index (χ2n) is 4.55. The molecule has 0 heterocycles. The van der Waals surface area contributed by atoms with Crippen LogP contribution < -0.4 is 10.1 Å². The minimum atomic E-state index is 0.410. The van der Waals surface area contributed by atoms with Crippen LogP contribution in [-0.2, 0) is 11.3 Å². The number of benzene rings is 1. The zero-order valence-electron chi connectivity index (χ0n) is 10.8. The molecule has 1 aliphatic carbocycles. The maximum Gasteiger partial charge on any atom is 0.136 e. The van der Waals surface area contributed by atoms with E-state index in [0.717, 1.165) is 24.9 Å². The summed E-state index contributed by atoms with van der Waals surface area (Å²) in [6.07, 6.45) is 2.54. The lowest BCUT2D eigenvalue weighted by molar-refractivity contribution is 0.0170. The zero-order chi connectivity index (χ0) is 13.0. The van der Waals surface area contributed by atoms with Gasteiger partial charge in [-0.05, 0) is 30.5 Å². The quantitative estimate of drug-likeness (QED) is 0.861. The van der Waals surface area contributed by atoms with E-state index in [-0.39, 0.29) is 0 Å². The van der Waals surface area contributed by atoms with Gasteiger partial charge in [0, 0.05) is 19.7 Å². The van der Waals surface area contributed by atoms with Gasteiger partial charge in [-0.25, -0.2) is 0 Å². The van der Waals surface area contributed by atoms with Crippen LogP contribution in [-0.4, -0.2) is 26.4 Å². The molecule has 4 heteroatoms. The van der Waals surface area contributed by atoms with E-state index in [0.29, 0.717) is 23.5 Å². The van der Waals surface area contributed by atoms with Crippen LogP contribution in [0.4, 0.5) is 0 Å². The average Bonchev–Trinajstić information content (AvgIpc) is 2.37. The molecule has 0 unspecified atom stereocenters. The highest BCUT2D eigenvalue weighted by atomic mass is 16.5. The molecule has 1 aliphatic rings. The van der Waals surface area contributed by atoms with Gasteiger partial charge in [0.1, 0.15) is 11.8 Å². The summed E-state index contributed by atoms with van der Waals surface area (Å²) in [6.45, 7) is 0.778. The summed E-state index contributed by atoms with van der Waals surface area (Å²) in [5.41, 5.74) is 1.69. The standard InChI is InChI=1S/C14H18N2O2/c1-17-13-6-12(7-13)16-9-10-3-4-14(18-2)11(5-10)8-15/h3-5,12-13,16H,6-7,9H2,1-2H3. The molecule has 0 atom stereocenters. The van der Waals surface area contributed by atoms with Crippen molar-refractivity contribution in [3.63, 3.8) is 0 Å². The Hall–Kier alpha value is -1.57. The van der Waals surface area contributed by atoms with Crippen molar-refractivity contribution in [2.24, 2.45) is 0 Å². The third kappa shape index (κ3) is 2.81. The molecule has 4 nitrogen and oxygen atoms in total. The molecule has 1 saturated carbocycles. The van der Waals surface area contributed by atoms with Crippen LogP contribution in [0.15, 0.2) is 18.2 Å². The van der Waals surface area contributed by atoms with Crippen molar-refractivity contribution in [1.29, 1.82) is 5.26 Å². The van der Waals surface area contributed by atoms with E-state index in [1.165, 1.54) is 0 Å². The van der Waals surface area contributed by atoms with E-state index in [1.54, 1.807) is 14.2 Å². The maximum atomic E-state index is 9.01. The number of ether oxygens (including phenoxy) is 2. The van der Waals surface area contributed by atoms with Crippen molar-refractivity contribution in [2.75, 3.05) is 14.2 Å². The molecular formula is C14H18N2O2. The normalized spacial score (nSPS) is 22.1. The largest absolute Gasteiger partial charge is 0.495 e. The Labute approximate surface area is 108 Å². The van der Waals surface area contributed by atoms with Crippen molar-refractivity contribution in [2.45, 2.75) is 31.5 Å². The first-order chi connectivity index (χ1) is 8.76. The van der Waals surface area contributed by atoms with Crippen LogP contribution in [0.3, 0.4) is 0 Å². The van der Waals surface area contributed by atoms with Crippen LogP contribution >= 0.6 is 0 Å². The lowest BCUT2D eigenvalue weighted by atomic mass is 9.89. The molecule has 96 valence electrons.